The van der Waals surface area contributed by atoms with E-state index < -0.39 is 0 Å². The molecule has 0 saturated heterocycles. The summed E-state index contributed by atoms with van der Waals surface area (Å²) in [6.07, 6.45) is 4.73. The molecule has 1 aliphatic carbocycles. The molecule has 0 unspecified atom stereocenters. The standard InChI is InChI=1S/C18H19N3O2/c1-18(2)9-12-15(13(22)10-18)16(14-6-4-8-23-14)21-17-11(20-12)5-3-7-19-17/h3-8,16,20H,9-10H2,1-2H3,(H,19,21)/t16-/m1/s1. The van der Waals surface area contributed by atoms with Gasteiger partial charge in [-0.05, 0) is 36.1 Å². The second kappa shape index (κ2) is 4.98. The molecule has 23 heavy (non-hydrogen) atoms. The van der Waals surface area contributed by atoms with Crippen molar-refractivity contribution in [3.05, 3.63) is 53.8 Å². The quantitative estimate of drug-likeness (QED) is 0.836. The molecule has 4 rings (SSSR count). The van der Waals surface area contributed by atoms with Crippen LogP contribution in [0.4, 0.5) is 11.5 Å². The van der Waals surface area contributed by atoms with Crippen LogP contribution in [0.1, 0.15) is 38.5 Å². The van der Waals surface area contributed by atoms with Crippen molar-refractivity contribution in [3.63, 3.8) is 0 Å². The molecular formula is C18H19N3O2. The number of aromatic nitrogens is 1. The molecule has 2 aromatic heterocycles. The molecule has 0 bridgehead atoms. The highest BCUT2D eigenvalue weighted by Gasteiger charge is 2.39. The summed E-state index contributed by atoms with van der Waals surface area (Å²) < 4.78 is 5.59. The second-order valence-corrected chi connectivity index (χ2v) is 6.95. The number of carbonyl (C=O) groups excluding carboxylic acids is 1. The van der Waals surface area contributed by atoms with Crippen molar-refractivity contribution in [2.24, 2.45) is 5.41 Å². The Morgan fingerprint density at radius 3 is 2.91 bits per heavy atom. The fraction of sp³-hybridized carbons (Fsp3) is 0.333. The van der Waals surface area contributed by atoms with Gasteiger partial charge in [0, 0.05) is 23.9 Å². The lowest BCUT2D eigenvalue weighted by Gasteiger charge is -2.33. The van der Waals surface area contributed by atoms with Crippen LogP contribution in [-0.2, 0) is 4.79 Å². The van der Waals surface area contributed by atoms with Gasteiger partial charge in [0.2, 0.25) is 0 Å². The first kappa shape index (κ1) is 14.1. The van der Waals surface area contributed by atoms with E-state index in [1.54, 1.807) is 12.5 Å². The Bertz CT molecular complexity index is 790. The van der Waals surface area contributed by atoms with Crippen LogP contribution in [0.15, 0.2) is 52.4 Å². The van der Waals surface area contributed by atoms with Gasteiger partial charge in [-0.15, -0.1) is 0 Å². The zero-order chi connectivity index (χ0) is 16.0. The molecule has 0 saturated carbocycles. The number of pyridine rings is 1. The molecule has 0 radical (unpaired) electrons. The minimum atomic E-state index is -0.313. The van der Waals surface area contributed by atoms with Gasteiger partial charge < -0.3 is 15.1 Å². The van der Waals surface area contributed by atoms with E-state index in [0.29, 0.717) is 6.42 Å². The maximum atomic E-state index is 12.9. The molecule has 3 heterocycles. The number of hydrogen-bond donors (Lipinski definition) is 2. The summed E-state index contributed by atoms with van der Waals surface area (Å²) in [6.45, 7) is 4.25. The molecule has 1 aliphatic heterocycles. The summed E-state index contributed by atoms with van der Waals surface area (Å²) in [5, 5.41) is 6.80. The highest BCUT2D eigenvalue weighted by Crippen LogP contribution is 2.44. The Balaban J connectivity index is 1.88. The van der Waals surface area contributed by atoms with E-state index in [2.05, 4.69) is 29.5 Å². The summed E-state index contributed by atoms with van der Waals surface area (Å²) in [7, 11) is 0. The molecule has 0 aromatic carbocycles. The Hall–Kier alpha value is -2.56. The van der Waals surface area contributed by atoms with Crippen LogP contribution in [0, 0.1) is 5.41 Å². The van der Waals surface area contributed by atoms with E-state index in [1.165, 1.54) is 0 Å². The van der Waals surface area contributed by atoms with Gasteiger partial charge in [0.05, 0.1) is 12.0 Å². The number of carbonyl (C=O) groups is 1. The first-order chi connectivity index (χ1) is 11.0. The first-order valence-electron chi connectivity index (χ1n) is 7.82. The van der Waals surface area contributed by atoms with Crippen molar-refractivity contribution in [2.75, 3.05) is 10.6 Å². The van der Waals surface area contributed by atoms with Gasteiger partial charge in [0.15, 0.2) is 11.6 Å². The van der Waals surface area contributed by atoms with Crippen LogP contribution in [-0.4, -0.2) is 10.8 Å². The molecule has 2 aliphatic rings. The SMILES string of the molecule is CC1(C)CC(=O)C2=C(C1)Nc1cccnc1N[C@@H]2c1ccco1. The summed E-state index contributed by atoms with van der Waals surface area (Å²) >= 11 is 0. The molecule has 0 amide bonds. The summed E-state index contributed by atoms with van der Waals surface area (Å²) in [4.78, 5) is 17.3. The molecule has 5 nitrogen and oxygen atoms in total. The van der Waals surface area contributed by atoms with Crippen LogP contribution in [0.5, 0.6) is 0 Å². The van der Waals surface area contributed by atoms with Gasteiger partial charge in [-0.1, -0.05) is 13.8 Å². The number of fused-ring (bicyclic) bond motifs is 1. The average molecular weight is 309 g/mol. The third-order valence-electron chi connectivity index (χ3n) is 4.41. The number of rotatable bonds is 1. The number of nitrogens with zero attached hydrogens (tertiary/aromatic N) is 1. The maximum absolute atomic E-state index is 12.9. The minimum absolute atomic E-state index is 0.0522. The van der Waals surface area contributed by atoms with Crippen molar-refractivity contribution in [1.29, 1.82) is 0 Å². The number of hydrogen-bond acceptors (Lipinski definition) is 5. The third-order valence-corrected chi connectivity index (χ3v) is 4.41. The van der Waals surface area contributed by atoms with Crippen molar-refractivity contribution >= 4 is 17.3 Å². The normalized spacial score (nSPS) is 22.5. The van der Waals surface area contributed by atoms with Gasteiger partial charge in [-0.2, -0.15) is 0 Å². The Morgan fingerprint density at radius 2 is 2.13 bits per heavy atom. The van der Waals surface area contributed by atoms with Gasteiger partial charge in [0.25, 0.3) is 0 Å². The van der Waals surface area contributed by atoms with Crippen LogP contribution < -0.4 is 10.6 Å². The van der Waals surface area contributed by atoms with Crippen molar-refractivity contribution in [3.8, 4) is 0 Å². The van der Waals surface area contributed by atoms with Gasteiger partial charge in [-0.3, -0.25) is 4.79 Å². The van der Waals surface area contributed by atoms with Crippen LogP contribution in [0.25, 0.3) is 0 Å². The fourth-order valence-electron chi connectivity index (χ4n) is 3.44. The zero-order valence-corrected chi connectivity index (χ0v) is 13.2. The number of anilines is 2. The predicted molar refractivity (Wildman–Crippen MR) is 88.0 cm³/mol. The van der Waals surface area contributed by atoms with Crippen molar-refractivity contribution < 1.29 is 9.21 Å². The monoisotopic (exact) mass is 309 g/mol. The largest absolute Gasteiger partial charge is 0.467 e. The summed E-state index contributed by atoms with van der Waals surface area (Å²) in [6, 6.07) is 7.27. The summed E-state index contributed by atoms with van der Waals surface area (Å²) in [5.41, 5.74) is 2.56. The Morgan fingerprint density at radius 1 is 1.26 bits per heavy atom. The smallest absolute Gasteiger partial charge is 0.163 e. The lowest BCUT2D eigenvalue weighted by molar-refractivity contribution is -0.118. The maximum Gasteiger partial charge on any atom is 0.163 e. The molecular weight excluding hydrogens is 290 g/mol. The van der Waals surface area contributed by atoms with Gasteiger partial charge in [-0.25, -0.2) is 4.98 Å². The molecule has 2 aromatic rings. The third kappa shape index (κ3) is 2.42. The van der Waals surface area contributed by atoms with E-state index >= 15 is 0 Å². The van der Waals surface area contributed by atoms with Gasteiger partial charge in [0.1, 0.15) is 11.8 Å². The first-order valence-corrected chi connectivity index (χ1v) is 7.82. The molecule has 118 valence electrons. The minimum Gasteiger partial charge on any atom is -0.467 e. The van der Waals surface area contributed by atoms with E-state index in [1.807, 2.05) is 24.3 Å². The highest BCUT2D eigenvalue weighted by atomic mass is 16.3. The molecule has 1 atom stereocenters. The molecule has 0 spiro atoms. The van der Waals surface area contributed by atoms with Gasteiger partial charge >= 0.3 is 0 Å². The van der Waals surface area contributed by atoms with E-state index in [4.69, 9.17) is 4.42 Å². The highest BCUT2D eigenvalue weighted by molar-refractivity contribution is 6.00. The number of Topliss-reactive ketones (excluding diaryl/α,β-unsaturated/α-hetero) is 1. The van der Waals surface area contributed by atoms with Crippen LogP contribution in [0.3, 0.4) is 0 Å². The lowest BCUT2D eigenvalue weighted by Crippen LogP contribution is -2.31. The molecule has 0 fully saturated rings. The van der Waals surface area contributed by atoms with Crippen LogP contribution >= 0.6 is 0 Å². The van der Waals surface area contributed by atoms with E-state index in [9.17, 15) is 4.79 Å². The Kier molecular flexibility index (Phi) is 3.04. The zero-order valence-electron chi connectivity index (χ0n) is 13.2. The number of allylic oxidation sites excluding steroid dienone is 1. The fourth-order valence-corrected chi connectivity index (χ4v) is 3.44. The van der Waals surface area contributed by atoms with Crippen LogP contribution in [0.2, 0.25) is 0 Å². The summed E-state index contributed by atoms with van der Waals surface area (Å²) in [5.74, 6) is 1.62. The number of furan rings is 1. The lowest BCUT2D eigenvalue weighted by atomic mass is 9.74. The van der Waals surface area contributed by atoms with Crippen molar-refractivity contribution in [2.45, 2.75) is 32.7 Å². The van der Waals surface area contributed by atoms with Crippen molar-refractivity contribution in [1.82, 2.24) is 4.98 Å². The molecule has 2 N–H and O–H groups in total. The Labute approximate surface area is 134 Å². The topological polar surface area (TPSA) is 67.2 Å². The van der Waals surface area contributed by atoms with E-state index in [0.717, 1.165) is 35.0 Å². The predicted octanol–water partition coefficient (Wildman–Crippen LogP) is 3.90. The number of ketones is 1. The average Bonchev–Trinajstić information content (AvgIpc) is 2.95. The second-order valence-electron chi connectivity index (χ2n) is 6.95. The number of nitrogens with one attached hydrogen (secondary N) is 2. The molecule has 5 heteroatoms. The van der Waals surface area contributed by atoms with E-state index in [-0.39, 0.29) is 17.2 Å².